The summed E-state index contributed by atoms with van der Waals surface area (Å²) >= 11 is 0. The number of aromatic nitrogens is 1. The topological polar surface area (TPSA) is 71.7 Å². The highest BCUT2D eigenvalue weighted by atomic mass is 127. The summed E-state index contributed by atoms with van der Waals surface area (Å²) in [5.74, 6) is 2.05. The Morgan fingerprint density at radius 2 is 2.00 bits per heavy atom. The zero-order valence-electron chi connectivity index (χ0n) is 15.4. The van der Waals surface area contributed by atoms with Gasteiger partial charge in [0.2, 0.25) is 0 Å². The minimum Gasteiger partial charge on any atom is -0.380 e. The van der Waals surface area contributed by atoms with Crippen LogP contribution in [-0.2, 0) is 11.3 Å². The fourth-order valence-electron chi connectivity index (χ4n) is 2.29. The molecule has 0 bridgehead atoms. The summed E-state index contributed by atoms with van der Waals surface area (Å²) < 4.78 is 10.9. The Bertz CT molecular complexity index is 448. The van der Waals surface area contributed by atoms with E-state index in [9.17, 15) is 0 Å². The Morgan fingerprint density at radius 1 is 1.25 bits per heavy atom. The van der Waals surface area contributed by atoms with Crippen LogP contribution in [0.2, 0.25) is 0 Å². The summed E-state index contributed by atoms with van der Waals surface area (Å²) in [4.78, 5) is 4.19. The molecule has 1 aromatic rings. The summed E-state index contributed by atoms with van der Waals surface area (Å²) in [6.45, 7) is 9.32. The standard InChI is InChI=1S/C17H32N4O2.HI/c1-5-8-10-22-11-9-19-17(18-4)20-13-15-12-16(21-23-15)14(6-2)7-3;/h12,14H,5-11,13H2,1-4H3,(H2,18,19,20);1H. The maximum Gasteiger partial charge on any atom is 0.191 e. The molecule has 0 saturated carbocycles. The van der Waals surface area contributed by atoms with Crippen molar-refractivity contribution in [3.05, 3.63) is 17.5 Å². The summed E-state index contributed by atoms with van der Waals surface area (Å²) in [6, 6.07) is 2.03. The number of aliphatic imine (C=N–C) groups is 1. The highest BCUT2D eigenvalue weighted by Crippen LogP contribution is 2.22. The van der Waals surface area contributed by atoms with Crippen LogP contribution in [0.4, 0.5) is 0 Å². The zero-order valence-corrected chi connectivity index (χ0v) is 17.8. The van der Waals surface area contributed by atoms with E-state index >= 15 is 0 Å². The van der Waals surface area contributed by atoms with Crippen molar-refractivity contribution < 1.29 is 9.26 Å². The predicted octanol–water partition coefficient (Wildman–Crippen LogP) is 3.68. The van der Waals surface area contributed by atoms with Crippen LogP contribution in [0.15, 0.2) is 15.6 Å². The molecule has 2 N–H and O–H groups in total. The van der Waals surface area contributed by atoms with Crippen molar-refractivity contribution in [2.75, 3.05) is 26.8 Å². The lowest BCUT2D eigenvalue weighted by atomic mass is 9.99. The van der Waals surface area contributed by atoms with Gasteiger partial charge in [0.25, 0.3) is 0 Å². The largest absolute Gasteiger partial charge is 0.380 e. The van der Waals surface area contributed by atoms with E-state index in [2.05, 4.69) is 41.6 Å². The normalized spacial score (nSPS) is 11.5. The molecule has 0 spiro atoms. The number of nitrogens with one attached hydrogen (secondary N) is 2. The number of rotatable bonds is 11. The number of guanidine groups is 1. The van der Waals surface area contributed by atoms with Crippen molar-refractivity contribution in [3.8, 4) is 0 Å². The van der Waals surface area contributed by atoms with Crippen LogP contribution in [0, 0.1) is 0 Å². The van der Waals surface area contributed by atoms with Crippen LogP contribution >= 0.6 is 24.0 Å². The fourth-order valence-corrected chi connectivity index (χ4v) is 2.29. The average molecular weight is 452 g/mol. The molecule has 24 heavy (non-hydrogen) atoms. The van der Waals surface area contributed by atoms with E-state index in [0.717, 1.165) is 56.2 Å². The van der Waals surface area contributed by atoms with Gasteiger partial charge in [0, 0.05) is 32.2 Å². The second-order valence-electron chi connectivity index (χ2n) is 5.55. The number of ether oxygens (including phenoxy) is 1. The Labute approximate surface area is 163 Å². The Kier molecular flexibility index (Phi) is 14.0. The van der Waals surface area contributed by atoms with E-state index in [4.69, 9.17) is 9.26 Å². The van der Waals surface area contributed by atoms with Crippen LogP contribution < -0.4 is 10.6 Å². The van der Waals surface area contributed by atoms with Crippen molar-refractivity contribution in [2.24, 2.45) is 4.99 Å². The molecule has 0 aliphatic rings. The third kappa shape index (κ3) is 8.86. The minimum atomic E-state index is 0. The fraction of sp³-hybridized carbons (Fsp3) is 0.765. The molecule has 0 aliphatic heterocycles. The molecule has 0 aromatic carbocycles. The molecule has 0 saturated heterocycles. The molecule has 0 unspecified atom stereocenters. The van der Waals surface area contributed by atoms with E-state index in [1.807, 2.05) is 6.07 Å². The molecule has 1 heterocycles. The Morgan fingerprint density at radius 3 is 2.62 bits per heavy atom. The van der Waals surface area contributed by atoms with Gasteiger partial charge in [-0.1, -0.05) is 32.3 Å². The number of unbranched alkanes of at least 4 members (excludes halogenated alkanes) is 1. The van der Waals surface area contributed by atoms with Crippen molar-refractivity contribution in [2.45, 2.75) is 58.9 Å². The third-order valence-corrected chi connectivity index (χ3v) is 3.82. The average Bonchev–Trinajstić information content (AvgIpc) is 3.03. The van der Waals surface area contributed by atoms with E-state index < -0.39 is 0 Å². The maximum absolute atomic E-state index is 5.51. The lowest BCUT2D eigenvalue weighted by molar-refractivity contribution is 0.136. The van der Waals surface area contributed by atoms with Gasteiger partial charge in [0.1, 0.15) is 0 Å². The van der Waals surface area contributed by atoms with Crippen molar-refractivity contribution >= 4 is 29.9 Å². The summed E-state index contributed by atoms with van der Waals surface area (Å²) in [7, 11) is 1.75. The molecule has 7 heteroatoms. The number of nitrogens with zero attached hydrogens (tertiary/aromatic N) is 2. The van der Waals surface area contributed by atoms with Crippen molar-refractivity contribution in [3.63, 3.8) is 0 Å². The molecule has 0 aliphatic carbocycles. The second kappa shape index (κ2) is 14.5. The zero-order chi connectivity index (χ0) is 16.9. The van der Waals surface area contributed by atoms with Gasteiger partial charge in [-0.3, -0.25) is 4.99 Å². The van der Waals surface area contributed by atoms with Gasteiger partial charge in [-0.25, -0.2) is 0 Å². The van der Waals surface area contributed by atoms with Crippen molar-refractivity contribution in [1.29, 1.82) is 0 Å². The number of halogens is 1. The van der Waals surface area contributed by atoms with Crippen LogP contribution in [0.5, 0.6) is 0 Å². The maximum atomic E-state index is 5.51. The van der Waals surface area contributed by atoms with E-state index in [1.54, 1.807) is 7.05 Å². The molecule has 0 radical (unpaired) electrons. The summed E-state index contributed by atoms with van der Waals surface area (Å²) in [6.07, 6.45) is 4.43. The second-order valence-corrected chi connectivity index (χ2v) is 5.55. The van der Waals surface area contributed by atoms with Crippen molar-refractivity contribution in [1.82, 2.24) is 15.8 Å². The summed E-state index contributed by atoms with van der Waals surface area (Å²) in [5, 5.41) is 10.6. The molecule has 6 nitrogen and oxygen atoms in total. The summed E-state index contributed by atoms with van der Waals surface area (Å²) in [5.41, 5.74) is 1.04. The van der Waals surface area contributed by atoms with E-state index in [0.29, 0.717) is 19.1 Å². The van der Waals surface area contributed by atoms with Crippen LogP contribution in [0.3, 0.4) is 0 Å². The Hall–Kier alpha value is -0.830. The highest BCUT2D eigenvalue weighted by molar-refractivity contribution is 14.0. The van der Waals surface area contributed by atoms with Gasteiger partial charge in [-0.05, 0) is 19.3 Å². The SMILES string of the molecule is CCCCOCCNC(=NC)NCc1cc(C(CC)CC)no1.I. The minimum absolute atomic E-state index is 0. The lowest BCUT2D eigenvalue weighted by Crippen LogP contribution is -2.38. The van der Waals surface area contributed by atoms with Crippen LogP contribution in [0.1, 0.15) is 63.8 Å². The van der Waals surface area contributed by atoms with Gasteiger partial charge in [-0.2, -0.15) is 0 Å². The first-order chi connectivity index (χ1) is 11.2. The third-order valence-electron chi connectivity index (χ3n) is 3.82. The molecule has 0 fully saturated rings. The monoisotopic (exact) mass is 452 g/mol. The highest BCUT2D eigenvalue weighted by Gasteiger charge is 2.13. The van der Waals surface area contributed by atoms with Crippen LogP contribution in [0.25, 0.3) is 0 Å². The first-order valence-electron chi connectivity index (χ1n) is 8.72. The Balaban J connectivity index is 0.00000529. The predicted molar refractivity (Wildman–Crippen MR) is 109 cm³/mol. The molecule has 0 atom stereocenters. The molecule has 140 valence electrons. The lowest BCUT2D eigenvalue weighted by Gasteiger charge is -2.10. The quantitative estimate of drug-likeness (QED) is 0.232. The van der Waals surface area contributed by atoms with Gasteiger partial charge in [-0.15, -0.1) is 24.0 Å². The van der Waals surface area contributed by atoms with E-state index in [1.165, 1.54) is 0 Å². The first-order valence-corrected chi connectivity index (χ1v) is 8.72. The smallest absolute Gasteiger partial charge is 0.191 e. The number of hydrogen-bond donors (Lipinski definition) is 2. The molecule has 0 amide bonds. The van der Waals surface area contributed by atoms with Crippen LogP contribution in [-0.4, -0.2) is 37.9 Å². The molecular weight excluding hydrogens is 419 g/mol. The number of hydrogen-bond acceptors (Lipinski definition) is 4. The van der Waals surface area contributed by atoms with Gasteiger partial charge in [0.15, 0.2) is 11.7 Å². The molecule has 1 aromatic heterocycles. The first kappa shape index (κ1) is 23.2. The van der Waals surface area contributed by atoms with E-state index in [-0.39, 0.29) is 24.0 Å². The van der Waals surface area contributed by atoms with Gasteiger partial charge >= 0.3 is 0 Å². The van der Waals surface area contributed by atoms with Gasteiger partial charge in [0.05, 0.1) is 18.8 Å². The molecule has 1 rings (SSSR count). The van der Waals surface area contributed by atoms with Gasteiger partial charge < -0.3 is 19.9 Å². The molecular formula is C17H33IN4O2.